The van der Waals surface area contributed by atoms with Gasteiger partial charge in [-0.15, -0.1) is 0 Å². The van der Waals surface area contributed by atoms with E-state index in [0.29, 0.717) is 36.8 Å². The first kappa shape index (κ1) is 17.8. The van der Waals surface area contributed by atoms with Gasteiger partial charge in [0, 0.05) is 30.2 Å². The SMILES string of the molecule is CCOC(=O)[C@H]1CCCN(CCC(=O)Nc2cccc(Cl)c2)C1. The van der Waals surface area contributed by atoms with E-state index >= 15 is 0 Å². The molecule has 1 heterocycles. The lowest BCUT2D eigenvalue weighted by atomic mass is 9.98. The summed E-state index contributed by atoms with van der Waals surface area (Å²) in [6.45, 7) is 4.46. The smallest absolute Gasteiger partial charge is 0.310 e. The summed E-state index contributed by atoms with van der Waals surface area (Å²) in [6, 6.07) is 7.09. The minimum atomic E-state index is -0.124. The van der Waals surface area contributed by atoms with Gasteiger partial charge in [0.25, 0.3) is 0 Å². The van der Waals surface area contributed by atoms with Crippen LogP contribution in [0, 0.1) is 5.92 Å². The quantitative estimate of drug-likeness (QED) is 0.810. The largest absolute Gasteiger partial charge is 0.466 e. The molecule has 0 aromatic heterocycles. The monoisotopic (exact) mass is 338 g/mol. The van der Waals surface area contributed by atoms with E-state index in [0.717, 1.165) is 19.4 Å². The summed E-state index contributed by atoms with van der Waals surface area (Å²) < 4.78 is 5.09. The van der Waals surface area contributed by atoms with Gasteiger partial charge in [-0.2, -0.15) is 0 Å². The Bertz CT molecular complexity index is 550. The Labute approximate surface area is 141 Å². The standard InChI is InChI=1S/C17H23ClN2O3/c1-2-23-17(22)13-5-4-9-20(12-13)10-8-16(21)19-15-7-3-6-14(18)11-15/h3,6-7,11,13H,2,4-5,8-10,12H2,1H3,(H,19,21)/t13-/m0/s1. The van der Waals surface area contributed by atoms with Gasteiger partial charge in [0.1, 0.15) is 0 Å². The molecule has 2 rings (SSSR count). The van der Waals surface area contributed by atoms with E-state index in [2.05, 4.69) is 10.2 Å². The molecule has 1 aliphatic heterocycles. The first-order valence-corrected chi connectivity index (χ1v) is 8.40. The molecule has 126 valence electrons. The van der Waals surface area contributed by atoms with E-state index in [4.69, 9.17) is 16.3 Å². The lowest BCUT2D eigenvalue weighted by Gasteiger charge is -2.31. The van der Waals surface area contributed by atoms with E-state index in [-0.39, 0.29) is 17.8 Å². The van der Waals surface area contributed by atoms with E-state index in [1.165, 1.54) is 0 Å². The third kappa shape index (κ3) is 5.84. The maximum absolute atomic E-state index is 12.0. The van der Waals surface area contributed by atoms with Crippen LogP contribution < -0.4 is 5.32 Å². The molecule has 0 spiro atoms. The summed E-state index contributed by atoms with van der Waals surface area (Å²) in [5.74, 6) is -0.245. The average molecular weight is 339 g/mol. The molecule has 1 fully saturated rings. The Kier molecular flexibility index (Phi) is 6.86. The molecule has 0 saturated carbocycles. The first-order valence-electron chi connectivity index (χ1n) is 8.03. The second-order valence-corrected chi connectivity index (χ2v) is 6.14. The molecule has 1 N–H and O–H groups in total. The Morgan fingerprint density at radius 2 is 2.26 bits per heavy atom. The van der Waals surface area contributed by atoms with Crippen molar-refractivity contribution in [2.45, 2.75) is 26.2 Å². The van der Waals surface area contributed by atoms with Gasteiger partial charge in [0.15, 0.2) is 0 Å². The topological polar surface area (TPSA) is 58.6 Å². The molecule has 1 amide bonds. The number of amides is 1. The second kappa shape index (κ2) is 8.89. The van der Waals surface area contributed by atoms with Gasteiger partial charge in [-0.25, -0.2) is 0 Å². The molecule has 6 heteroatoms. The minimum Gasteiger partial charge on any atom is -0.466 e. The third-order valence-corrected chi connectivity index (χ3v) is 4.12. The second-order valence-electron chi connectivity index (χ2n) is 5.70. The number of carbonyl (C=O) groups excluding carboxylic acids is 2. The van der Waals surface area contributed by atoms with E-state index in [1.54, 1.807) is 18.2 Å². The Morgan fingerprint density at radius 3 is 3.00 bits per heavy atom. The zero-order valence-corrected chi connectivity index (χ0v) is 14.1. The van der Waals surface area contributed by atoms with Gasteiger partial charge in [0.05, 0.1) is 12.5 Å². The van der Waals surface area contributed by atoms with E-state index < -0.39 is 0 Å². The van der Waals surface area contributed by atoms with Crippen molar-refractivity contribution in [3.8, 4) is 0 Å². The average Bonchev–Trinajstić information content (AvgIpc) is 2.53. The lowest BCUT2D eigenvalue weighted by molar-refractivity contribution is -0.149. The zero-order valence-electron chi connectivity index (χ0n) is 13.4. The molecular weight excluding hydrogens is 316 g/mol. The number of nitrogens with zero attached hydrogens (tertiary/aromatic N) is 1. The highest BCUT2D eigenvalue weighted by Gasteiger charge is 2.26. The molecule has 1 atom stereocenters. The number of hydrogen-bond acceptors (Lipinski definition) is 4. The van der Waals surface area contributed by atoms with Crippen LogP contribution in [0.3, 0.4) is 0 Å². The van der Waals surface area contributed by atoms with Crippen LogP contribution in [0.15, 0.2) is 24.3 Å². The normalized spacial score (nSPS) is 18.4. The summed E-state index contributed by atoms with van der Waals surface area (Å²) in [6.07, 6.45) is 2.21. The molecule has 23 heavy (non-hydrogen) atoms. The summed E-state index contributed by atoms with van der Waals surface area (Å²) in [7, 11) is 0. The number of esters is 1. The molecule has 5 nitrogen and oxygen atoms in total. The number of anilines is 1. The van der Waals surface area contributed by atoms with Crippen molar-refractivity contribution in [1.29, 1.82) is 0 Å². The molecule has 1 aromatic rings. The van der Waals surface area contributed by atoms with Crippen LogP contribution in [-0.2, 0) is 14.3 Å². The van der Waals surface area contributed by atoms with Crippen molar-refractivity contribution in [1.82, 2.24) is 4.90 Å². The van der Waals surface area contributed by atoms with E-state index in [9.17, 15) is 9.59 Å². The molecule has 0 bridgehead atoms. The van der Waals surface area contributed by atoms with Gasteiger partial charge >= 0.3 is 5.97 Å². The number of benzene rings is 1. The first-order chi connectivity index (χ1) is 11.1. The van der Waals surface area contributed by atoms with Gasteiger partial charge in [0.2, 0.25) is 5.91 Å². The van der Waals surface area contributed by atoms with Crippen LogP contribution >= 0.6 is 11.6 Å². The van der Waals surface area contributed by atoms with Crippen LogP contribution in [0.5, 0.6) is 0 Å². The fraction of sp³-hybridized carbons (Fsp3) is 0.529. The summed E-state index contributed by atoms with van der Waals surface area (Å²) >= 11 is 5.90. The maximum Gasteiger partial charge on any atom is 0.310 e. The Morgan fingerprint density at radius 1 is 1.43 bits per heavy atom. The fourth-order valence-corrected chi connectivity index (χ4v) is 2.95. The number of carbonyl (C=O) groups is 2. The molecule has 0 unspecified atom stereocenters. The number of piperidine rings is 1. The number of halogens is 1. The predicted molar refractivity (Wildman–Crippen MR) is 90.5 cm³/mol. The van der Waals surface area contributed by atoms with Gasteiger partial charge < -0.3 is 15.0 Å². The number of nitrogens with one attached hydrogen (secondary N) is 1. The van der Waals surface area contributed by atoms with Crippen LogP contribution in [0.25, 0.3) is 0 Å². The van der Waals surface area contributed by atoms with Crippen molar-refractivity contribution in [3.05, 3.63) is 29.3 Å². The maximum atomic E-state index is 12.0. The van der Waals surface area contributed by atoms with Crippen molar-refractivity contribution in [2.24, 2.45) is 5.92 Å². The Hall–Kier alpha value is -1.59. The Balaban J connectivity index is 1.76. The predicted octanol–water partition coefficient (Wildman–Crippen LogP) is 2.94. The van der Waals surface area contributed by atoms with Crippen LogP contribution in [-0.4, -0.2) is 43.0 Å². The molecular formula is C17H23ClN2O3. The van der Waals surface area contributed by atoms with Gasteiger partial charge in [-0.1, -0.05) is 17.7 Å². The molecule has 1 aromatic carbocycles. The molecule has 1 aliphatic rings. The number of likely N-dealkylation sites (tertiary alicyclic amines) is 1. The van der Waals surface area contributed by atoms with Crippen LogP contribution in [0.2, 0.25) is 5.02 Å². The molecule has 0 radical (unpaired) electrons. The molecule has 1 saturated heterocycles. The lowest BCUT2D eigenvalue weighted by Crippen LogP contribution is -2.40. The van der Waals surface area contributed by atoms with Gasteiger partial charge in [-0.05, 0) is 44.5 Å². The molecule has 0 aliphatic carbocycles. The van der Waals surface area contributed by atoms with Crippen molar-refractivity contribution in [2.75, 3.05) is 31.6 Å². The number of hydrogen-bond donors (Lipinski definition) is 1. The van der Waals surface area contributed by atoms with Crippen LogP contribution in [0.1, 0.15) is 26.2 Å². The highest BCUT2D eigenvalue weighted by atomic mass is 35.5. The van der Waals surface area contributed by atoms with Crippen molar-refractivity contribution in [3.63, 3.8) is 0 Å². The number of rotatable bonds is 6. The fourth-order valence-electron chi connectivity index (χ4n) is 2.76. The summed E-state index contributed by atoms with van der Waals surface area (Å²) in [4.78, 5) is 26.0. The number of ether oxygens (including phenoxy) is 1. The van der Waals surface area contributed by atoms with Crippen molar-refractivity contribution >= 4 is 29.2 Å². The summed E-state index contributed by atoms with van der Waals surface area (Å²) in [5.41, 5.74) is 0.700. The van der Waals surface area contributed by atoms with E-state index in [1.807, 2.05) is 13.0 Å². The van der Waals surface area contributed by atoms with Crippen LogP contribution in [0.4, 0.5) is 5.69 Å². The van der Waals surface area contributed by atoms with Crippen molar-refractivity contribution < 1.29 is 14.3 Å². The minimum absolute atomic E-state index is 0.0504. The highest BCUT2D eigenvalue weighted by Crippen LogP contribution is 2.18. The van der Waals surface area contributed by atoms with Gasteiger partial charge in [-0.3, -0.25) is 9.59 Å². The highest BCUT2D eigenvalue weighted by molar-refractivity contribution is 6.30. The summed E-state index contributed by atoms with van der Waals surface area (Å²) in [5, 5.41) is 3.43. The third-order valence-electron chi connectivity index (χ3n) is 3.89. The zero-order chi connectivity index (χ0) is 16.7.